The van der Waals surface area contributed by atoms with Gasteiger partial charge in [0.05, 0.1) is 12.1 Å². The quantitative estimate of drug-likeness (QED) is 0.547. The van der Waals surface area contributed by atoms with Crippen LogP contribution >= 0.6 is 27.3 Å². The Morgan fingerprint density at radius 1 is 1.14 bits per heavy atom. The molecule has 1 N–H and O–H groups in total. The van der Waals surface area contributed by atoms with E-state index in [4.69, 9.17) is 0 Å². The molecule has 4 rings (SSSR count). The maximum Gasteiger partial charge on any atom is 0.280 e. The minimum Gasteiger partial charge on any atom is -0.279 e. The lowest BCUT2D eigenvalue weighted by atomic mass is 10.2. The summed E-state index contributed by atoms with van der Waals surface area (Å²) in [6, 6.07) is 11.4. The van der Waals surface area contributed by atoms with Gasteiger partial charge in [-0.2, -0.15) is 0 Å². The monoisotopic (exact) mass is 491 g/mol. The molecule has 2 amide bonds. The highest BCUT2D eigenvalue weighted by atomic mass is 79.9. The van der Waals surface area contributed by atoms with Gasteiger partial charge >= 0.3 is 0 Å². The van der Waals surface area contributed by atoms with Crippen molar-refractivity contribution >= 4 is 54.8 Å². The van der Waals surface area contributed by atoms with E-state index in [0.717, 1.165) is 26.3 Å². The molecule has 1 aliphatic heterocycles. The lowest BCUT2D eigenvalue weighted by Crippen LogP contribution is -2.28. The molecule has 0 unspecified atom stereocenters. The highest BCUT2D eigenvalue weighted by molar-refractivity contribution is 9.10. The molecule has 148 valence electrons. The van der Waals surface area contributed by atoms with Gasteiger partial charge in [0.1, 0.15) is 9.90 Å². The highest BCUT2D eigenvalue weighted by Crippen LogP contribution is 2.29. The van der Waals surface area contributed by atoms with Crippen molar-refractivity contribution in [1.82, 2.24) is 9.88 Å². The summed E-state index contributed by atoms with van der Waals surface area (Å²) in [4.78, 5) is 30.5. The average Bonchev–Trinajstić information content (AvgIpc) is 3.25. The average molecular weight is 492 g/mol. The van der Waals surface area contributed by atoms with E-state index in [2.05, 4.69) is 25.6 Å². The number of nitrogens with one attached hydrogen (secondary N) is 1. The summed E-state index contributed by atoms with van der Waals surface area (Å²) in [5.41, 5.74) is 1.73. The number of benzene rings is 1. The Bertz CT molecular complexity index is 1220. The van der Waals surface area contributed by atoms with Gasteiger partial charge < -0.3 is 0 Å². The van der Waals surface area contributed by atoms with Crippen LogP contribution in [0.1, 0.15) is 31.3 Å². The molecule has 0 atom stereocenters. The van der Waals surface area contributed by atoms with Gasteiger partial charge in [0.15, 0.2) is 0 Å². The molecule has 2 aromatic heterocycles. The van der Waals surface area contributed by atoms with E-state index in [9.17, 15) is 18.0 Å². The number of aromatic nitrogens is 1. The Balaban J connectivity index is 1.53. The standard InChI is InChI=1S/C19H14BrN3O4S2/c1-11-9-12(4-6-15(11)20)22-29(26,27)16-7-5-13(28-16)10-23-18(24)14-3-2-8-21-17(14)19(23)25/h2-9,22H,10H2,1H3. The van der Waals surface area contributed by atoms with Gasteiger partial charge in [0, 0.05) is 21.2 Å². The zero-order valence-electron chi connectivity index (χ0n) is 15.0. The van der Waals surface area contributed by atoms with Crippen molar-refractivity contribution in [2.75, 3.05) is 4.72 Å². The number of fused-ring (bicyclic) bond motifs is 1. The van der Waals surface area contributed by atoms with Crippen molar-refractivity contribution in [2.24, 2.45) is 0 Å². The third kappa shape index (κ3) is 3.70. The molecular formula is C19H14BrN3O4S2. The number of anilines is 1. The van der Waals surface area contributed by atoms with Crippen LogP contribution in [0.5, 0.6) is 0 Å². The van der Waals surface area contributed by atoms with E-state index in [0.29, 0.717) is 10.6 Å². The molecule has 0 bridgehead atoms. The molecule has 0 fully saturated rings. The lowest BCUT2D eigenvalue weighted by Gasteiger charge is -2.11. The summed E-state index contributed by atoms with van der Waals surface area (Å²) in [5, 5.41) is 0. The van der Waals surface area contributed by atoms with E-state index >= 15 is 0 Å². The third-order valence-electron chi connectivity index (χ3n) is 4.36. The summed E-state index contributed by atoms with van der Waals surface area (Å²) in [6.45, 7) is 1.85. The van der Waals surface area contributed by atoms with Gasteiger partial charge in [-0.05, 0) is 55.0 Å². The fourth-order valence-corrected chi connectivity index (χ4v) is 5.56. The number of sulfonamides is 1. The molecule has 10 heteroatoms. The van der Waals surface area contributed by atoms with Gasteiger partial charge in [-0.1, -0.05) is 15.9 Å². The maximum atomic E-state index is 12.7. The second-order valence-electron chi connectivity index (χ2n) is 6.39. The molecule has 29 heavy (non-hydrogen) atoms. The minimum atomic E-state index is -3.78. The van der Waals surface area contributed by atoms with Crippen LogP contribution in [0.3, 0.4) is 0 Å². The number of rotatable bonds is 5. The normalized spacial score (nSPS) is 13.7. The van der Waals surface area contributed by atoms with Gasteiger partial charge in [-0.15, -0.1) is 11.3 Å². The van der Waals surface area contributed by atoms with Gasteiger partial charge in [0.2, 0.25) is 0 Å². The number of hydrogen-bond donors (Lipinski definition) is 1. The highest BCUT2D eigenvalue weighted by Gasteiger charge is 2.36. The topological polar surface area (TPSA) is 96.4 Å². The molecule has 0 aliphatic carbocycles. The Morgan fingerprint density at radius 3 is 2.66 bits per heavy atom. The van der Waals surface area contributed by atoms with Gasteiger partial charge in [-0.25, -0.2) is 8.42 Å². The molecule has 0 radical (unpaired) electrons. The van der Waals surface area contributed by atoms with E-state index in [-0.39, 0.29) is 22.0 Å². The first-order chi connectivity index (χ1) is 13.8. The number of thiophene rings is 1. The first-order valence-corrected chi connectivity index (χ1v) is 11.5. The van der Waals surface area contributed by atoms with E-state index < -0.39 is 21.8 Å². The molecule has 3 aromatic rings. The molecule has 1 aromatic carbocycles. The van der Waals surface area contributed by atoms with Crippen molar-refractivity contribution in [1.29, 1.82) is 0 Å². The zero-order valence-corrected chi connectivity index (χ0v) is 18.3. The van der Waals surface area contributed by atoms with Gasteiger partial charge in [-0.3, -0.25) is 24.2 Å². The molecular weight excluding hydrogens is 478 g/mol. The number of nitrogens with zero attached hydrogens (tertiary/aromatic N) is 2. The Hall–Kier alpha value is -2.56. The molecule has 0 saturated carbocycles. The second kappa shape index (κ2) is 7.36. The van der Waals surface area contributed by atoms with Crippen LogP contribution in [0.25, 0.3) is 0 Å². The number of carbonyl (C=O) groups is 2. The van der Waals surface area contributed by atoms with Crippen LogP contribution in [0, 0.1) is 6.92 Å². The number of hydrogen-bond acceptors (Lipinski definition) is 6. The van der Waals surface area contributed by atoms with Crippen LogP contribution in [0.4, 0.5) is 5.69 Å². The summed E-state index contributed by atoms with van der Waals surface area (Å²) in [5.74, 6) is -0.911. The van der Waals surface area contributed by atoms with E-state index in [1.807, 2.05) is 6.92 Å². The van der Waals surface area contributed by atoms with Crippen LogP contribution < -0.4 is 4.72 Å². The Kier molecular flexibility index (Phi) is 5.01. The molecule has 7 nitrogen and oxygen atoms in total. The first kappa shape index (κ1) is 19.7. The maximum absolute atomic E-state index is 12.7. The molecule has 3 heterocycles. The van der Waals surface area contributed by atoms with Crippen molar-refractivity contribution in [3.8, 4) is 0 Å². The SMILES string of the molecule is Cc1cc(NS(=O)(=O)c2ccc(CN3C(=O)c4cccnc4C3=O)s2)ccc1Br. The van der Waals surface area contributed by atoms with E-state index in [1.165, 1.54) is 12.3 Å². The molecule has 1 aliphatic rings. The fraction of sp³-hybridized carbons (Fsp3) is 0.105. The number of aryl methyl sites for hydroxylation is 1. The number of imide groups is 1. The summed E-state index contributed by atoms with van der Waals surface area (Å²) >= 11 is 4.39. The number of amides is 2. The van der Waals surface area contributed by atoms with E-state index in [1.54, 1.807) is 36.4 Å². The fourth-order valence-electron chi connectivity index (χ4n) is 2.91. The van der Waals surface area contributed by atoms with Crippen molar-refractivity contribution in [2.45, 2.75) is 17.7 Å². The lowest BCUT2D eigenvalue weighted by molar-refractivity contribution is 0.0642. The smallest absolute Gasteiger partial charge is 0.279 e. The number of pyridine rings is 1. The first-order valence-electron chi connectivity index (χ1n) is 8.45. The van der Waals surface area contributed by atoms with Crippen molar-refractivity contribution in [3.63, 3.8) is 0 Å². The second-order valence-corrected chi connectivity index (χ2v) is 10.3. The van der Waals surface area contributed by atoms with Crippen LogP contribution in [0.15, 0.2) is 57.3 Å². The number of carbonyl (C=O) groups excluding carboxylic acids is 2. The number of halogens is 1. The largest absolute Gasteiger partial charge is 0.280 e. The Morgan fingerprint density at radius 2 is 1.93 bits per heavy atom. The van der Waals surface area contributed by atoms with Crippen molar-refractivity contribution < 1.29 is 18.0 Å². The van der Waals surface area contributed by atoms with Gasteiger partial charge in [0.25, 0.3) is 21.8 Å². The summed E-state index contributed by atoms with van der Waals surface area (Å²) < 4.78 is 28.9. The predicted molar refractivity (Wildman–Crippen MR) is 112 cm³/mol. The van der Waals surface area contributed by atoms with Crippen LogP contribution in [0.2, 0.25) is 0 Å². The minimum absolute atomic E-state index is 0.00833. The van der Waals surface area contributed by atoms with Crippen LogP contribution in [-0.2, 0) is 16.6 Å². The predicted octanol–water partition coefficient (Wildman–Crippen LogP) is 3.81. The summed E-state index contributed by atoms with van der Waals surface area (Å²) in [6.07, 6.45) is 1.46. The Labute approximate surface area is 179 Å². The van der Waals surface area contributed by atoms with Crippen LogP contribution in [-0.4, -0.2) is 30.1 Å². The summed E-state index contributed by atoms with van der Waals surface area (Å²) in [7, 11) is -3.78. The third-order valence-corrected chi connectivity index (χ3v) is 8.19. The van der Waals surface area contributed by atoms with Crippen molar-refractivity contribution in [3.05, 3.63) is 74.8 Å². The zero-order chi connectivity index (χ0) is 20.8. The molecule has 0 saturated heterocycles. The molecule has 0 spiro atoms.